The second-order valence-electron chi connectivity index (χ2n) is 8.35. The number of carbonyl (C=O) groups is 2. The highest BCUT2D eigenvalue weighted by Crippen LogP contribution is 2.25. The van der Waals surface area contributed by atoms with Crippen LogP contribution in [0.25, 0.3) is 23.0 Å². The zero-order valence-corrected chi connectivity index (χ0v) is 19.2. The molecule has 1 aliphatic rings. The zero-order chi connectivity index (χ0) is 24.0. The van der Waals surface area contributed by atoms with Crippen LogP contribution in [0.1, 0.15) is 16.7 Å². The summed E-state index contributed by atoms with van der Waals surface area (Å²) in [6, 6.07) is 27.7. The molecule has 35 heavy (non-hydrogen) atoms. The van der Waals surface area contributed by atoms with Gasteiger partial charge in [0.05, 0.1) is 11.4 Å². The number of aromatic nitrogens is 2. The Morgan fingerprint density at radius 2 is 1.57 bits per heavy atom. The summed E-state index contributed by atoms with van der Waals surface area (Å²) in [5, 5.41) is 4.73. The third-order valence-electron chi connectivity index (χ3n) is 6.03. The molecule has 1 amide bonds. The fraction of sp³-hybridized carbons (Fsp3) is 0.138. The van der Waals surface area contributed by atoms with Crippen LogP contribution in [0.3, 0.4) is 0 Å². The molecule has 174 valence electrons. The highest BCUT2D eigenvalue weighted by Gasteiger charge is 2.21. The lowest BCUT2D eigenvalue weighted by Gasteiger charge is -2.28. The Balaban J connectivity index is 1.26. The van der Waals surface area contributed by atoms with Crippen LogP contribution in [0.15, 0.2) is 97.2 Å². The summed E-state index contributed by atoms with van der Waals surface area (Å²) in [4.78, 5) is 26.7. The molecular weight excluding hydrogens is 438 g/mol. The largest absolute Gasteiger partial charge is 0.452 e. The van der Waals surface area contributed by atoms with Crippen molar-refractivity contribution in [2.24, 2.45) is 0 Å². The van der Waals surface area contributed by atoms with Crippen LogP contribution < -0.4 is 0 Å². The van der Waals surface area contributed by atoms with Gasteiger partial charge in [-0.3, -0.25) is 4.79 Å². The minimum atomic E-state index is -0.567. The molecule has 0 radical (unpaired) electrons. The molecule has 0 spiro atoms. The average Bonchev–Trinajstić information content (AvgIpc) is 3.35. The summed E-state index contributed by atoms with van der Waals surface area (Å²) >= 11 is 0. The standard InChI is InChI=1S/C29H25N3O3/c33-27(31-18-17-22-9-7-8-12-24(22)19-31)21-35-28(34)16-15-25-20-32(26-13-5-2-6-14-26)30-29(25)23-10-3-1-4-11-23/h1-16,20H,17-19,21H2. The molecule has 6 nitrogen and oxygen atoms in total. The second kappa shape index (κ2) is 10.2. The van der Waals surface area contributed by atoms with E-state index >= 15 is 0 Å². The van der Waals surface area contributed by atoms with Crippen molar-refractivity contribution in [2.75, 3.05) is 13.2 Å². The normalized spacial score (nSPS) is 13.0. The van der Waals surface area contributed by atoms with Crippen LogP contribution >= 0.6 is 0 Å². The van der Waals surface area contributed by atoms with E-state index in [1.165, 1.54) is 11.6 Å². The molecule has 0 bridgehead atoms. The van der Waals surface area contributed by atoms with Crippen LogP contribution in [0.2, 0.25) is 0 Å². The summed E-state index contributed by atoms with van der Waals surface area (Å²) < 4.78 is 7.04. The Hall–Kier alpha value is -4.45. The monoisotopic (exact) mass is 463 g/mol. The lowest BCUT2D eigenvalue weighted by Crippen LogP contribution is -2.38. The van der Waals surface area contributed by atoms with Gasteiger partial charge in [-0.1, -0.05) is 72.8 Å². The molecule has 2 heterocycles. The third-order valence-corrected chi connectivity index (χ3v) is 6.03. The number of nitrogens with zero attached hydrogens (tertiary/aromatic N) is 3. The van der Waals surface area contributed by atoms with Crippen LogP contribution in [0, 0.1) is 0 Å². The van der Waals surface area contributed by atoms with E-state index in [0.29, 0.717) is 13.1 Å². The SMILES string of the molecule is O=C(C=Cc1cn(-c2ccccc2)nc1-c1ccccc1)OCC(=O)N1CCc2ccccc2C1. The molecule has 0 saturated heterocycles. The van der Waals surface area contributed by atoms with Crippen LogP contribution in [0.4, 0.5) is 0 Å². The van der Waals surface area contributed by atoms with E-state index in [2.05, 4.69) is 6.07 Å². The number of carbonyl (C=O) groups excluding carboxylic acids is 2. The number of esters is 1. The number of para-hydroxylation sites is 1. The van der Waals surface area contributed by atoms with Crippen molar-refractivity contribution < 1.29 is 14.3 Å². The highest BCUT2D eigenvalue weighted by atomic mass is 16.5. The van der Waals surface area contributed by atoms with Crippen LogP contribution in [-0.2, 0) is 27.3 Å². The Morgan fingerprint density at radius 3 is 2.34 bits per heavy atom. The number of amides is 1. The molecule has 0 unspecified atom stereocenters. The lowest BCUT2D eigenvalue weighted by molar-refractivity contribution is -0.148. The zero-order valence-electron chi connectivity index (χ0n) is 19.2. The molecule has 1 aromatic heterocycles. The van der Waals surface area contributed by atoms with Gasteiger partial charge in [0.25, 0.3) is 5.91 Å². The van der Waals surface area contributed by atoms with E-state index in [1.54, 1.807) is 15.7 Å². The van der Waals surface area contributed by atoms with Crippen LogP contribution in [-0.4, -0.2) is 39.7 Å². The molecule has 4 aromatic rings. The average molecular weight is 464 g/mol. The molecule has 0 N–H and O–H groups in total. The van der Waals surface area contributed by atoms with Gasteiger partial charge in [0, 0.05) is 36.5 Å². The summed E-state index contributed by atoms with van der Waals surface area (Å²) in [5.41, 5.74) is 5.79. The van der Waals surface area contributed by atoms with Gasteiger partial charge >= 0.3 is 5.97 Å². The molecule has 5 rings (SSSR count). The quantitative estimate of drug-likeness (QED) is 0.308. The Kier molecular flexibility index (Phi) is 6.52. The number of fused-ring (bicyclic) bond motifs is 1. The van der Waals surface area contributed by atoms with Gasteiger partial charge in [-0.05, 0) is 35.8 Å². The van der Waals surface area contributed by atoms with E-state index < -0.39 is 5.97 Å². The van der Waals surface area contributed by atoms with Crippen molar-refractivity contribution in [3.63, 3.8) is 0 Å². The Labute approximate surface area is 204 Å². The minimum absolute atomic E-state index is 0.192. The molecule has 1 aliphatic heterocycles. The first-order chi connectivity index (χ1) is 17.2. The number of ether oxygens (including phenoxy) is 1. The predicted molar refractivity (Wildman–Crippen MR) is 135 cm³/mol. The summed E-state index contributed by atoms with van der Waals surface area (Å²) in [6.45, 7) is 0.893. The maximum Gasteiger partial charge on any atom is 0.331 e. The Morgan fingerprint density at radius 1 is 0.886 bits per heavy atom. The van der Waals surface area contributed by atoms with E-state index in [4.69, 9.17) is 9.84 Å². The number of hydrogen-bond donors (Lipinski definition) is 0. The van der Waals surface area contributed by atoms with Crippen molar-refractivity contribution >= 4 is 18.0 Å². The first-order valence-corrected chi connectivity index (χ1v) is 11.6. The minimum Gasteiger partial charge on any atom is -0.452 e. The van der Waals surface area contributed by atoms with Crippen molar-refractivity contribution in [1.82, 2.24) is 14.7 Å². The van der Waals surface area contributed by atoms with Gasteiger partial charge in [0.1, 0.15) is 0 Å². The third kappa shape index (κ3) is 5.22. The lowest BCUT2D eigenvalue weighted by atomic mass is 10.00. The molecule has 3 aromatic carbocycles. The maximum absolute atomic E-state index is 12.6. The first kappa shape index (κ1) is 22.3. The van der Waals surface area contributed by atoms with Crippen molar-refractivity contribution in [1.29, 1.82) is 0 Å². The van der Waals surface area contributed by atoms with E-state index in [-0.39, 0.29) is 12.5 Å². The molecule has 0 fully saturated rings. The van der Waals surface area contributed by atoms with E-state index in [1.807, 2.05) is 85.1 Å². The van der Waals surface area contributed by atoms with Gasteiger partial charge < -0.3 is 9.64 Å². The van der Waals surface area contributed by atoms with Gasteiger partial charge in [-0.2, -0.15) is 5.10 Å². The van der Waals surface area contributed by atoms with Gasteiger partial charge in [-0.25, -0.2) is 9.48 Å². The molecular formula is C29H25N3O3. The summed E-state index contributed by atoms with van der Waals surface area (Å²) in [6.07, 6.45) is 5.71. The smallest absolute Gasteiger partial charge is 0.331 e. The van der Waals surface area contributed by atoms with Gasteiger partial charge in [0.2, 0.25) is 0 Å². The molecule has 0 saturated carbocycles. The first-order valence-electron chi connectivity index (χ1n) is 11.6. The van der Waals surface area contributed by atoms with E-state index in [9.17, 15) is 9.59 Å². The highest BCUT2D eigenvalue weighted by molar-refractivity contribution is 5.90. The molecule has 6 heteroatoms. The number of rotatable bonds is 6. The van der Waals surface area contributed by atoms with Crippen molar-refractivity contribution in [2.45, 2.75) is 13.0 Å². The topological polar surface area (TPSA) is 64.4 Å². The van der Waals surface area contributed by atoms with E-state index in [0.717, 1.165) is 34.5 Å². The Bertz CT molecular complexity index is 1360. The summed E-state index contributed by atoms with van der Waals surface area (Å²) in [7, 11) is 0. The molecule has 0 atom stereocenters. The maximum atomic E-state index is 12.6. The summed E-state index contributed by atoms with van der Waals surface area (Å²) in [5.74, 6) is -0.759. The predicted octanol–water partition coefficient (Wildman–Crippen LogP) is 4.68. The second-order valence-corrected chi connectivity index (χ2v) is 8.35. The van der Waals surface area contributed by atoms with Crippen LogP contribution in [0.5, 0.6) is 0 Å². The number of benzene rings is 3. The fourth-order valence-corrected chi connectivity index (χ4v) is 4.18. The number of hydrogen-bond acceptors (Lipinski definition) is 4. The molecule has 0 aliphatic carbocycles. The van der Waals surface area contributed by atoms with Crippen molar-refractivity contribution in [3.05, 3.63) is 114 Å². The fourth-order valence-electron chi connectivity index (χ4n) is 4.18. The van der Waals surface area contributed by atoms with Gasteiger partial charge in [-0.15, -0.1) is 0 Å². The van der Waals surface area contributed by atoms with Crippen molar-refractivity contribution in [3.8, 4) is 16.9 Å². The van der Waals surface area contributed by atoms with Gasteiger partial charge in [0.15, 0.2) is 6.61 Å².